The Bertz CT molecular complexity index is 990. The lowest BCUT2D eigenvalue weighted by atomic mass is 10.2. The van der Waals surface area contributed by atoms with Gasteiger partial charge in [0.15, 0.2) is 16.7 Å². The van der Waals surface area contributed by atoms with E-state index < -0.39 is 11.9 Å². The van der Waals surface area contributed by atoms with Crippen molar-refractivity contribution in [1.29, 1.82) is 0 Å². The van der Waals surface area contributed by atoms with Crippen LogP contribution in [-0.4, -0.2) is 33.1 Å². The van der Waals surface area contributed by atoms with Crippen LogP contribution in [-0.2, 0) is 0 Å². The van der Waals surface area contributed by atoms with Crippen molar-refractivity contribution in [3.63, 3.8) is 0 Å². The van der Waals surface area contributed by atoms with Crippen molar-refractivity contribution >= 4 is 22.7 Å². The number of aliphatic hydroxyl groups is 1. The number of rotatable bonds is 7. The van der Waals surface area contributed by atoms with Gasteiger partial charge in [-0.05, 0) is 38.1 Å². The Balaban J connectivity index is 1.73. The smallest absolute Gasteiger partial charge is 0.262 e. The van der Waals surface area contributed by atoms with Gasteiger partial charge in [-0.3, -0.25) is 9.36 Å². The quantitative estimate of drug-likeness (QED) is 0.494. The predicted molar refractivity (Wildman–Crippen MR) is 105 cm³/mol. The van der Waals surface area contributed by atoms with E-state index in [-0.39, 0.29) is 29.7 Å². The minimum absolute atomic E-state index is 0.0482. The SMILES string of the molecule is CC(C)n1c(SC[C@@H](O)COc2ccccc2F)nc2ccccc2c1=O. The Labute approximate surface area is 160 Å². The van der Waals surface area contributed by atoms with Gasteiger partial charge in [0.2, 0.25) is 0 Å². The summed E-state index contributed by atoms with van der Waals surface area (Å²) in [5.74, 6) is -0.0990. The molecule has 0 fully saturated rings. The average molecular weight is 388 g/mol. The van der Waals surface area contributed by atoms with Crippen LogP contribution in [0.2, 0.25) is 0 Å². The van der Waals surface area contributed by atoms with Crippen molar-refractivity contribution in [3.8, 4) is 5.75 Å². The maximum Gasteiger partial charge on any atom is 0.262 e. The minimum Gasteiger partial charge on any atom is -0.488 e. The third-order valence-corrected chi connectivity index (χ3v) is 5.06. The maximum atomic E-state index is 13.6. The number of hydrogen-bond acceptors (Lipinski definition) is 5. The van der Waals surface area contributed by atoms with E-state index in [0.717, 1.165) is 0 Å². The predicted octanol–water partition coefficient (Wildman–Crippen LogP) is 3.65. The van der Waals surface area contributed by atoms with Crippen molar-refractivity contribution in [2.45, 2.75) is 31.1 Å². The number of aliphatic hydroxyl groups excluding tert-OH is 1. The van der Waals surface area contributed by atoms with Crippen LogP contribution in [0.25, 0.3) is 10.9 Å². The molecule has 0 spiro atoms. The Morgan fingerprint density at radius 1 is 1.19 bits per heavy atom. The molecule has 0 aliphatic heterocycles. The Kier molecular flexibility index (Phi) is 6.13. The van der Waals surface area contributed by atoms with Crippen LogP contribution in [0.4, 0.5) is 4.39 Å². The highest BCUT2D eigenvalue weighted by Gasteiger charge is 2.16. The molecule has 0 aliphatic rings. The summed E-state index contributed by atoms with van der Waals surface area (Å²) in [6, 6.07) is 13.2. The molecule has 5 nitrogen and oxygen atoms in total. The van der Waals surface area contributed by atoms with Crippen LogP contribution < -0.4 is 10.3 Å². The third kappa shape index (κ3) is 4.48. The fourth-order valence-corrected chi connectivity index (χ4v) is 3.68. The summed E-state index contributed by atoms with van der Waals surface area (Å²) in [6.45, 7) is 3.78. The van der Waals surface area contributed by atoms with Crippen LogP contribution in [0.3, 0.4) is 0 Å². The Morgan fingerprint density at radius 3 is 2.63 bits per heavy atom. The van der Waals surface area contributed by atoms with E-state index in [0.29, 0.717) is 16.1 Å². The molecule has 27 heavy (non-hydrogen) atoms. The summed E-state index contributed by atoms with van der Waals surface area (Å²) in [7, 11) is 0. The lowest BCUT2D eigenvalue weighted by Gasteiger charge is -2.17. The summed E-state index contributed by atoms with van der Waals surface area (Å²) < 4.78 is 20.5. The van der Waals surface area contributed by atoms with E-state index in [2.05, 4.69) is 4.98 Å². The number of benzene rings is 2. The number of fused-ring (bicyclic) bond motifs is 1. The summed E-state index contributed by atoms with van der Waals surface area (Å²) in [5.41, 5.74) is 0.522. The molecule has 0 saturated heterocycles. The second-order valence-corrected chi connectivity index (χ2v) is 7.37. The molecular formula is C20H21FN2O3S. The molecule has 0 bridgehead atoms. The molecule has 0 amide bonds. The highest BCUT2D eigenvalue weighted by molar-refractivity contribution is 7.99. The molecule has 2 aromatic carbocycles. The molecule has 3 rings (SSSR count). The lowest BCUT2D eigenvalue weighted by Crippen LogP contribution is -2.26. The van der Waals surface area contributed by atoms with Gasteiger partial charge in [-0.25, -0.2) is 9.37 Å². The van der Waals surface area contributed by atoms with Gasteiger partial charge < -0.3 is 9.84 Å². The number of aromatic nitrogens is 2. The molecule has 1 heterocycles. The van der Waals surface area contributed by atoms with Crippen LogP contribution in [0.1, 0.15) is 19.9 Å². The number of nitrogens with zero attached hydrogens (tertiary/aromatic N) is 2. The number of halogens is 1. The molecule has 1 N–H and O–H groups in total. The molecule has 3 aromatic rings. The average Bonchev–Trinajstić information content (AvgIpc) is 2.65. The zero-order valence-electron chi connectivity index (χ0n) is 15.1. The second kappa shape index (κ2) is 8.54. The van der Waals surface area contributed by atoms with E-state index in [1.165, 1.54) is 23.9 Å². The number of ether oxygens (including phenoxy) is 1. The Hall–Kier alpha value is -2.38. The topological polar surface area (TPSA) is 64.3 Å². The van der Waals surface area contributed by atoms with Gasteiger partial charge in [0, 0.05) is 11.8 Å². The van der Waals surface area contributed by atoms with Gasteiger partial charge in [-0.2, -0.15) is 0 Å². The first-order valence-electron chi connectivity index (χ1n) is 8.67. The van der Waals surface area contributed by atoms with E-state index in [4.69, 9.17) is 4.74 Å². The third-order valence-electron chi connectivity index (χ3n) is 3.96. The maximum absolute atomic E-state index is 13.6. The first-order chi connectivity index (χ1) is 13.0. The van der Waals surface area contributed by atoms with Crippen LogP contribution >= 0.6 is 11.8 Å². The molecule has 0 unspecified atom stereocenters. The summed E-state index contributed by atoms with van der Waals surface area (Å²) in [5, 5.41) is 11.3. The van der Waals surface area contributed by atoms with Gasteiger partial charge >= 0.3 is 0 Å². The highest BCUT2D eigenvalue weighted by atomic mass is 32.2. The van der Waals surface area contributed by atoms with Gasteiger partial charge in [0.25, 0.3) is 5.56 Å². The number of thioether (sulfide) groups is 1. The van der Waals surface area contributed by atoms with Crippen molar-refractivity contribution in [1.82, 2.24) is 9.55 Å². The van der Waals surface area contributed by atoms with Gasteiger partial charge in [0.1, 0.15) is 6.61 Å². The van der Waals surface area contributed by atoms with Crippen LogP contribution in [0.5, 0.6) is 5.75 Å². The van der Waals surface area contributed by atoms with Crippen molar-refractivity contribution in [2.75, 3.05) is 12.4 Å². The number of para-hydroxylation sites is 2. The molecule has 0 saturated carbocycles. The highest BCUT2D eigenvalue weighted by Crippen LogP contribution is 2.22. The van der Waals surface area contributed by atoms with Gasteiger partial charge in [-0.15, -0.1) is 0 Å². The van der Waals surface area contributed by atoms with Crippen molar-refractivity contribution in [3.05, 3.63) is 64.7 Å². The first-order valence-corrected chi connectivity index (χ1v) is 9.65. The zero-order valence-corrected chi connectivity index (χ0v) is 15.9. The van der Waals surface area contributed by atoms with Gasteiger partial charge in [0.05, 0.1) is 17.0 Å². The lowest BCUT2D eigenvalue weighted by molar-refractivity contribution is 0.123. The molecule has 1 aromatic heterocycles. The zero-order chi connectivity index (χ0) is 19.4. The molecule has 1 atom stereocenters. The molecule has 142 valence electrons. The summed E-state index contributed by atoms with van der Waals surface area (Å²) >= 11 is 1.28. The van der Waals surface area contributed by atoms with Crippen LogP contribution in [0.15, 0.2) is 58.5 Å². The molecule has 7 heteroatoms. The molecular weight excluding hydrogens is 367 g/mol. The molecule has 0 radical (unpaired) electrons. The van der Waals surface area contributed by atoms with E-state index in [1.54, 1.807) is 28.8 Å². The standard InChI is InChI=1S/C20H21FN2O3S/c1-13(2)23-19(25)15-7-3-5-9-17(15)22-20(23)27-12-14(24)11-26-18-10-6-4-8-16(18)21/h3-10,13-14,24H,11-12H2,1-2H3/t14-/m0/s1. The van der Waals surface area contributed by atoms with E-state index in [1.807, 2.05) is 26.0 Å². The summed E-state index contributed by atoms with van der Waals surface area (Å²) in [6.07, 6.45) is -0.835. The minimum atomic E-state index is -0.835. The normalized spacial score (nSPS) is 12.5. The first kappa shape index (κ1) is 19.4. The van der Waals surface area contributed by atoms with Crippen LogP contribution in [0, 0.1) is 5.82 Å². The fourth-order valence-electron chi connectivity index (χ4n) is 2.65. The largest absolute Gasteiger partial charge is 0.488 e. The van der Waals surface area contributed by atoms with E-state index in [9.17, 15) is 14.3 Å². The second-order valence-electron chi connectivity index (χ2n) is 6.39. The van der Waals surface area contributed by atoms with Gasteiger partial charge in [-0.1, -0.05) is 36.0 Å². The van der Waals surface area contributed by atoms with Crippen molar-refractivity contribution in [2.24, 2.45) is 0 Å². The fraction of sp³-hybridized carbons (Fsp3) is 0.300. The Morgan fingerprint density at radius 2 is 1.89 bits per heavy atom. The number of hydrogen-bond donors (Lipinski definition) is 1. The summed E-state index contributed by atoms with van der Waals surface area (Å²) in [4.78, 5) is 17.3. The van der Waals surface area contributed by atoms with E-state index >= 15 is 0 Å². The monoisotopic (exact) mass is 388 g/mol. The molecule has 0 aliphatic carbocycles. The van der Waals surface area contributed by atoms with Crippen molar-refractivity contribution < 1.29 is 14.2 Å².